The smallest absolute Gasteiger partial charge is 0.385 e. The fourth-order valence-corrected chi connectivity index (χ4v) is 4.07. The molecule has 0 atom stereocenters. The first-order valence-electron chi connectivity index (χ1n) is 11.6. The van der Waals surface area contributed by atoms with E-state index in [0.717, 1.165) is 47.4 Å². The molecule has 0 saturated carbocycles. The number of hydrogen-bond donors (Lipinski definition) is 3. The number of fused-ring (bicyclic) bond motifs is 1. The van der Waals surface area contributed by atoms with Crippen molar-refractivity contribution in [3.8, 4) is 5.69 Å². The second-order valence-corrected chi connectivity index (χ2v) is 9.43. The maximum absolute atomic E-state index is 13.1. The molecule has 4 aromatic rings. The first kappa shape index (κ1) is 26.4. The van der Waals surface area contributed by atoms with Crippen LogP contribution in [0.15, 0.2) is 72.9 Å². The SMILES string of the molecule is CC(C)CCNc1ccc2c(ccn2-c2ccc(NC(=O)N(O)c3ccc(Cl)c(C(F)(F)F)c3)cc2)c1. The summed E-state index contributed by atoms with van der Waals surface area (Å²) < 4.78 is 41.3. The van der Waals surface area contributed by atoms with E-state index in [1.165, 1.54) is 0 Å². The van der Waals surface area contributed by atoms with E-state index in [1.807, 2.05) is 29.0 Å². The molecule has 0 fully saturated rings. The third kappa shape index (κ3) is 6.18. The third-order valence-corrected chi connectivity index (χ3v) is 6.16. The Morgan fingerprint density at radius 1 is 1.03 bits per heavy atom. The van der Waals surface area contributed by atoms with Gasteiger partial charge in [0.15, 0.2) is 0 Å². The fraction of sp³-hybridized carbons (Fsp3) is 0.222. The Morgan fingerprint density at radius 3 is 2.41 bits per heavy atom. The van der Waals surface area contributed by atoms with Crippen LogP contribution in [0.25, 0.3) is 16.6 Å². The molecule has 2 amide bonds. The quantitative estimate of drug-likeness (QED) is 0.167. The molecular weight excluding hydrogens is 505 g/mol. The number of halogens is 4. The minimum absolute atomic E-state index is 0.103. The lowest BCUT2D eigenvalue weighted by Crippen LogP contribution is -2.32. The van der Waals surface area contributed by atoms with Crippen molar-refractivity contribution in [2.24, 2.45) is 5.92 Å². The highest BCUT2D eigenvalue weighted by Gasteiger charge is 2.34. The van der Waals surface area contributed by atoms with Crippen LogP contribution in [0.5, 0.6) is 0 Å². The number of aromatic nitrogens is 1. The van der Waals surface area contributed by atoms with Gasteiger partial charge in [0.2, 0.25) is 0 Å². The van der Waals surface area contributed by atoms with Crippen LogP contribution in [-0.2, 0) is 6.18 Å². The molecule has 10 heteroatoms. The number of nitrogens with one attached hydrogen (secondary N) is 2. The molecule has 6 nitrogen and oxygen atoms in total. The van der Waals surface area contributed by atoms with Gasteiger partial charge < -0.3 is 15.2 Å². The van der Waals surface area contributed by atoms with Gasteiger partial charge >= 0.3 is 12.2 Å². The molecule has 0 aliphatic rings. The Bertz CT molecular complexity index is 1400. The average molecular weight is 531 g/mol. The van der Waals surface area contributed by atoms with Crippen molar-refractivity contribution in [2.45, 2.75) is 26.4 Å². The van der Waals surface area contributed by atoms with Gasteiger partial charge in [-0.25, -0.2) is 4.79 Å². The first-order chi connectivity index (χ1) is 17.5. The summed E-state index contributed by atoms with van der Waals surface area (Å²) in [4.78, 5) is 12.4. The Labute approximate surface area is 217 Å². The Morgan fingerprint density at radius 2 is 1.73 bits per heavy atom. The first-order valence-corrected chi connectivity index (χ1v) is 12.0. The number of hydroxylamine groups is 1. The zero-order valence-electron chi connectivity index (χ0n) is 20.2. The number of urea groups is 1. The van der Waals surface area contributed by atoms with Crippen molar-refractivity contribution in [3.63, 3.8) is 0 Å². The minimum Gasteiger partial charge on any atom is -0.385 e. The van der Waals surface area contributed by atoms with Crippen LogP contribution in [0, 0.1) is 5.92 Å². The lowest BCUT2D eigenvalue weighted by molar-refractivity contribution is -0.137. The highest BCUT2D eigenvalue weighted by molar-refractivity contribution is 6.31. The summed E-state index contributed by atoms with van der Waals surface area (Å²) >= 11 is 5.60. The van der Waals surface area contributed by atoms with Crippen LogP contribution in [0.4, 0.5) is 35.0 Å². The van der Waals surface area contributed by atoms with Crippen LogP contribution in [-0.4, -0.2) is 22.4 Å². The maximum atomic E-state index is 13.1. The predicted octanol–water partition coefficient (Wildman–Crippen LogP) is 8.19. The number of anilines is 3. The normalized spacial score (nSPS) is 11.7. The summed E-state index contributed by atoms with van der Waals surface area (Å²) in [5, 5.41) is 16.7. The van der Waals surface area contributed by atoms with E-state index in [4.69, 9.17) is 11.6 Å². The van der Waals surface area contributed by atoms with Crippen molar-refractivity contribution < 1.29 is 23.2 Å². The van der Waals surface area contributed by atoms with Gasteiger partial charge in [-0.2, -0.15) is 18.2 Å². The molecule has 1 aromatic heterocycles. The molecule has 3 N–H and O–H groups in total. The van der Waals surface area contributed by atoms with E-state index in [9.17, 15) is 23.2 Å². The molecule has 37 heavy (non-hydrogen) atoms. The Balaban J connectivity index is 1.45. The van der Waals surface area contributed by atoms with Crippen LogP contribution in [0.3, 0.4) is 0 Å². The molecule has 194 valence electrons. The van der Waals surface area contributed by atoms with Gasteiger partial charge in [0.1, 0.15) is 0 Å². The van der Waals surface area contributed by atoms with E-state index >= 15 is 0 Å². The van der Waals surface area contributed by atoms with Crippen molar-refractivity contribution in [2.75, 3.05) is 22.2 Å². The van der Waals surface area contributed by atoms with Crippen molar-refractivity contribution in [1.29, 1.82) is 0 Å². The molecule has 4 rings (SSSR count). The second-order valence-electron chi connectivity index (χ2n) is 9.02. The molecule has 1 heterocycles. The van der Waals surface area contributed by atoms with Crippen molar-refractivity contribution in [3.05, 3.63) is 83.5 Å². The predicted molar refractivity (Wildman–Crippen MR) is 141 cm³/mol. The number of benzene rings is 3. The van der Waals surface area contributed by atoms with Crippen LogP contribution >= 0.6 is 11.6 Å². The van der Waals surface area contributed by atoms with Crippen LogP contribution < -0.4 is 15.7 Å². The van der Waals surface area contributed by atoms with Crippen molar-refractivity contribution >= 4 is 45.6 Å². The third-order valence-electron chi connectivity index (χ3n) is 5.83. The van der Waals surface area contributed by atoms with Crippen LogP contribution in [0.1, 0.15) is 25.8 Å². The number of alkyl halides is 3. The van der Waals surface area contributed by atoms with Gasteiger partial charge in [0.05, 0.1) is 21.8 Å². The second kappa shape index (κ2) is 10.7. The van der Waals surface area contributed by atoms with E-state index < -0.39 is 22.8 Å². The Hall–Kier alpha value is -3.69. The lowest BCUT2D eigenvalue weighted by Gasteiger charge is -2.18. The molecule has 0 aliphatic heterocycles. The highest BCUT2D eigenvalue weighted by atomic mass is 35.5. The van der Waals surface area contributed by atoms with Gasteiger partial charge in [-0.15, -0.1) is 0 Å². The summed E-state index contributed by atoms with van der Waals surface area (Å²) in [5.41, 5.74) is 1.74. The minimum atomic E-state index is -4.73. The Kier molecular flexibility index (Phi) is 7.65. The maximum Gasteiger partial charge on any atom is 0.417 e. The lowest BCUT2D eigenvalue weighted by atomic mass is 10.1. The van der Waals surface area contributed by atoms with Gasteiger partial charge in [-0.05, 0) is 79.1 Å². The average Bonchev–Trinajstić information content (AvgIpc) is 3.26. The van der Waals surface area contributed by atoms with E-state index in [1.54, 1.807) is 24.3 Å². The highest BCUT2D eigenvalue weighted by Crippen LogP contribution is 2.37. The van der Waals surface area contributed by atoms with Crippen LogP contribution in [0.2, 0.25) is 5.02 Å². The van der Waals surface area contributed by atoms with Gasteiger partial charge in [-0.3, -0.25) is 5.21 Å². The summed E-state index contributed by atoms with van der Waals surface area (Å²) in [6, 6.07) is 16.7. The number of nitrogens with zero attached hydrogens (tertiary/aromatic N) is 2. The molecule has 0 saturated heterocycles. The number of rotatable bonds is 7. The summed E-state index contributed by atoms with van der Waals surface area (Å²) in [6.07, 6.45) is -1.69. The van der Waals surface area contributed by atoms with E-state index in [0.29, 0.717) is 17.7 Å². The fourth-order valence-electron chi connectivity index (χ4n) is 3.84. The molecule has 0 spiro atoms. The summed E-state index contributed by atoms with van der Waals surface area (Å²) in [5.74, 6) is 0.630. The molecule has 0 bridgehead atoms. The molecule has 3 aromatic carbocycles. The zero-order chi connectivity index (χ0) is 26.7. The summed E-state index contributed by atoms with van der Waals surface area (Å²) in [6.45, 7) is 5.28. The van der Waals surface area contributed by atoms with Gasteiger partial charge in [0.25, 0.3) is 0 Å². The number of amides is 2. The number of hydrogen-bond acceptors (Lipinski definition) is 3. The number of carbonyl (C=O) groups excluding carboxylic acids is 1. The largest absolute Gasteiger partial charge is 0.417 e. The molecule has 0 aliphatic carbocycles. The van der Waals surface area contributed by atoms with Crippen molar-refractivity contribution in [1.82, 2.24) is 4.57 Å². The summed E-state index contributed by atoms with van der Waals surface area (Å²) in [7, 11) is 0. The molecule has 0 radical (unpaired) electrons. The standard InChI is InChI=1S/C27H26ClF3N4O2/c1-17(2)11-13-32-20-5-10-25-18(15-20)12-14-34(25)21-6-3-19(4-7-21)33-26(36)35(37)22-8-9-24(28)23(16-22)27(29,30)31/h3-10,12,14-17,32,37H,11,13H2,1-2H3,(H,33,36). The van der Waals surface area contributed by atoms with Gasteiger partial charge in [0, 0.05) is 35.2 Å². The molecule has 0 unspecified atom stereocenters. The number of carbonyl (C=O) groups is 1. The van der Waals surface area contributed by atoms with Gasteiger partial charge in [-0.1, -0.05) is 25.4 Å². The monoisotopic (exact) mass is 530 g/mol. The topological polar surface area (TPSA) is 69.5 Å². The zero-order valence-corrected chi connectivity index (χ0v) is 20.9. The molecular formula is C27H26ClF3N4O2. The van der Waals surface area contributed by atoms with E-state index in [-0.39, 0.29) is 10.8 Å². The van der Waals surface area contributed by atoms with E-state index in [2.05, 4.69) is 30.5 Å².